The van der Waals surface area contributed by atoms with Crippen molar-refractivity contribution >= 4 is 32.6 Å². The average molecular weight is 381 g/mol. The van der Waals surface area contributed by atoms with Crippen molar-refractivity contribution in [2.75, 3.05) is 0 Å². The predicted octanol–water partition coefficient (Wildman–Crippen LogP) is 0.835. The third-order valence-electron chi connectivity index (χ3n) is 4.45. The lowest BCUT2D eigenvalue weighted by molar-refractivity contribution is 0.619. The summed E-state index contributed by atoms with van der Waals surface area (Å²) in [6.07, 6.45) is 5.86. The fraction of sp³-hybridized carbons (Fsp3) is 0.250. The van der Waals surface area contributed by atoms with Gasteiger partial charge in [0.1, 0.15) is 10.5 Å². The Balaban J connectivity index is 1.60. The third-order valence-corrected chi connectivity index (χ3v) is 5.53. The van der Waals surface area contributed by atoms with E-state index in [9.17, 15) is 4.79 Å². The normalized spacial score (nSPS) is 11.8. The first-order chi connectivity index (χ1) is 13.1. The molecule has 0 aromatic carbocycles. The Labute approximate surface area is 156 Å². The zero-order chi connectivity index (χ0) is 18.5. The number of nitrogens with one attached hydrogen (secondary N) is 1. The van der Waals surface area contributed by atoms with Gasteiger partial charge in [0.15, 0.2) is 5.65 Å². The highest BCUT2D eigenvalue weighted by atomic mass is 32.1. The maximum absolute atomic E-state index is 13.0. The highest BCUT2D eigenvalue weighted by Crippen LogP contribution is 2.31. The number of aromatic amines is 1. The van der Waals surface area contributed by atoms with Crippen LogP contribution < -0.4 is 5.56 Å². The first kappa shape index (κ1) is 15.9. The Morgan fingerprint density at radius 1 is 1.22 bits per heavy atom. The summed E-state index contributed by atoms with van der Waals surface area (Å²) in [5.74, 6) is 0. The Bertz CT molecular complexity index is 1320. The first-order valence-corrected chi connectivity index (χ1v) is 9.09. The van der Waals surface area contributed by atoms with Crippen LogP contribution in [0.1, 0.15) is 16.4 Å². The second-order valence-corrected chi connectivity index (χ2v) is 7.39. The molecule has 0 spiro atoms. The lowest BCUT2D eigenvalue weighted by Crippen LogP contribution is -2.24. The van der Waals surface area contributed by atoms with E-state index in [0.29, 0.717) is 18.5 Å². The summed E-state index contributed by atoms with van der Waals surface area (Å²) in [6, 6.07) is 1.87. The maximum atomic E-state index is 13.0. The van der Waals surface area contributed by atoms with Crippen molar-refractivity contribution in [3.05, 3.63) is 51.4 Å². The largest absolute Gasteiger partial charge is 0.323 e. The molecule has 0 aliphatic heterocycles. The third kappa shape index (κ3) is 2.54. The molecule has 0 saturated carbocycles. The number of aryl methyl sites for hydroxylation is 2. The molecule has 0 aliphatic carbocycles. The van der Waals surface area contributed by atoms with Crippen LogP contribution in [-0.4, -0.2) is 44.5 Å². The smallest absolute Gasteiger partial charge is 0.291 e. The van der Waals surface area contributed by atoms with Crippen molar-refractivity contribution in [2.45, 2.75) is 13.0 Å². The molecule has 136 valence electrons. The quantitative estimate of drug-likeness (QED) is 0.494. The van der Waals surface area contributed by atoms with Crippen molar-refractivity contribution in [3.63, 3.8) is 0 Å². The van der Waals surface area contributed by atoms with Gasteiger partial charge >= 0.3 is 0 Å². The molecule has 0 fully saturated rings. The molecule has 0 atom stereocenters. The zero-order valence-electron chi connectivity index (χ0n) is 14.6. The van der Waals surface area contributed by atoms with Gasteiger partial charge < -0.3 is 4.57 Å². The van der Waals surface area contributed by atoms with Gasteiger partial charge in [-0.1, -0.05) is 0 Å². The summed E-state index contributed by atoms with van der Waals surface area (Å²) < 4.78 is 5.94. The molecular weight excluding hydrogens is 366 g/mol. The molecule has 11 heteroatoms. The number of thiazole rings is 1. The van der Waals surface area contributed by atoms with Crippen molar-refractivity contribution in [1.29, 1.82) is 0 Å². The Kier molecular flexibility index (Phi) is 3.44. The van der Waals surface area contributed by atoms with E-state index in [-0.39, 0.29) is 5.56 Å². The molecule has 5 rings (SSSR count). The van der Waals surface area contributed by atoms with Crippen LogP contribution in [0.15, 0.2) is 29.5 Å². The van der Waals surface area contributed by atoms with Gasteiger partial charge in [0.2, 0.25) is 0 Å². The second-order valence-electron chi connectivity index (χ2n) is 6.31. The van der Waals surface area contributed by atoms with Crippen LogP contribution in [0.25, 0.3) is 21.3 Å². The highest BCUT2D eigenvalue weighted by molar-refractivity contribution is 7.19. The van der Waals surface area contributed by atoms with E-state index in [4.69, 9.17) is 4.98 Å². The lowest BCUT2D eigenvalue weighted by atomic mass is 10.3. The first-order valence-electron chi connectivity index (χ1n) is 8.27. The van der Waals surface area contributed by atoms with Gasteiger partial charge in [-0.05, 0) is 6.07 Å². The van der Waals surface area contributed by atoms with Crippen molar-refractivity contribution in [3.8, 4) is 0 Å². The summed E-state index contributed by atoms with van der Waals surface area (Å²) in [6.45, 7) is 0.333. The molecule has 0 unspecified atom stereocenters. The number of H-pyrrole nitrogens is 1. The topological polar surface area (TPSA) is 112 Å². The van der Waals surface area contributed by atoms with Crippen LogP contribution in [0.2, 0.25) is 0 Å². The number of fused-ring (bicyclic) bond motifs is 3. The molecule has 0 saturated heterocycles. The summed E-state index contributed by atoms with van der Waals surface area (Å²) >= 11 is 1.55. The van der Waals surface area contributed by atoms with E-state index in [1.807, 2.05) is 30.9 Å². The van der Waals surface area contributed by atoms with Gasteiger partial charge in [0, 0.05) is 32.1 Å². The van der Waals surface area contributed by atoms with E-state index >= 15 is 0 Å². The van der Waals surface area contributed by atoms with Crippen LogP contribution in [0.5, 0.6) is 0 Å². The number of rotatable bonds is 4. The molecule has 27 heavy (non-hydrogen) atoms. The molecule has 0 aliphatic rings. The van der Waals surface area contributed by atoms with E-state index < -0.39 is 0 Å². The van der Waals surface area contributed by atoms with E-state index in [2.05, 4.69) is 25.6 Å². The molecular formula is C16H15N9OS. The van der Waals surface area contributed by atoms with Crippen molar-refractivity contribution in [1.82, 2.24) is 44.5 Å². The minimum atomic E-state index is -0.149. The number of aromatic nitrogens is 9. The maximum Gasteiger partial charge on any atom is 0.291 e. The van der Waals surface area contributed by atoms with E-state index in [1.54, 1.807) is 28.4 Å². The summed E-state index contributed by atoms with van der Waals surface area (Å²) in [4.78, 5) is 17.7. The van der Waals surface area contributed by atoms with Gasteiger partial charge in [0.25, 0.3) is 5.56 Å². The van der Waals surface area contributed by atoms with Gasteiger partial charge in [-0.25, -0.2) is 9.67 Å². The van der Waals surface area contributed by atoms with Crippen molar-refractivity contribution in [2.24, 2.45) is 14.1 Å². The Morgan fingerprint density at radius 2 is 2.11 bits per heavy atom. The molecule has 5 aromatic rings. The minimum Gasteiger partial charge on any atom is -0.323 e. The molecule has 5 aromatic heterocycles. The fourth-order valence-corrected chi connectivity index (χ4v) is 4.31. The monoisotopic (exact) mass is 381 g/mol. The second kappa shape index (κ2) is 5.84. The minimum absolute atomic E-state index is 0.149. The van der Waals surface area contributed by atoms with Crippen molar-refractivity contribution < 1.29 is 0 Å². The summed E-state index contributed by atoms with van der Waals surface area (Å²) in [5, 5.41) is 20.9. The van der Waals surface area contributed by atoms with E-state index in [1.165, 1.54) is 4.68 Å². The molecule has 10 nitrogen and oxygen atoms in total. The van der Waals surface area contributed by atoms with Gasteiger partial charge in [-0.15, -0.1) is 11.3 Å². The number of hydrogen-bond donors (Lipinski definition) is 1. The predicted molar refractivity (Wildman–Crippen MR) is 99.7 cm³/mol. The standard InChI is InChI=1S/C16H15N9OS/c1-23-4-3-9(21-23)8-25-16(26)13-11(7-18-25)14-15(24(13)2)19-12(27-14)5-10-6-17-22-20-10/h3-4,6-7H,5,8H2,1-2H3,(H,17,20,22). The lowest BCUT2D eigenvalue weighted by Gasteiger charge is -2.03. The van der Waals surface area contributed by atoms with Crippen LogP contribution in [0, 0.1) is 0 Å². The van der Waals surface area contributed by atoms with Gasteiger partial charge in [-0.2, -0.15) is 25.6 Å². The average Bonchev–Trinajstić information content (AvgIpc) is 3.40. The molecule has 0 radical (unpaired) electrons. The number of nitrogens with zero attached hydrogens (tertiary/aromatic N) is 8. The van der Waals surface area contributed by atoms with Gasteiger partial charge in [0.05, 0.1) is 35.0 Å². The SMILES string of the molecule is Cn1ccc(Cn2ncc3c4sc(Cc5cn[nH]n5)nc4n(C)c3c2=O)n1. The van der Waals surface area contributed by atoms with Crippen LogP contribution in [-0.2, 0) is 27.1 Å². The Hall–Kier alpha value is -3.34. The van der Waals surface area contributed by atoms with Crippen LogP contribution >= 0.6 is 11.3 Å². The zero-order valence-corrected chi connectivity index (χ0v) is 15.4. The fourth-order valence-electron chi connectivity index (χ4n) is 3.19. The number of hydrogen-bond acceptors (Lipinski definition) is 7. The molecule has 1 N–H and O–H groups in total. The molecule has 0 bridgehead atoms. The highest BCUT2D eigenvalue weighted by Gasteiger charge is 2.19. The summed E-state index contributed by atoms with van der Waals surface area (Å²) in [5.41, 5.74) is 2.85. The van der Waals surface area contributed by atoms with Crippen LogP contribution in [0.4, 0.5) is 0 Å². The van der Waals surface area contributed by atoms with E-state index in [0.717, 1.165) is 32.1 Å². The Morgan fingerprint density at radius 3 is 2.85 bits per heavy atom. The molecule has 0 amide bonds. The summed E-state index contributed by atoms with van der Waals surface area (Å²) in [7, 11) is 3.70. The van der Waals surface area contributed by atoms with Crippen LogP contribution in [0.3, 0.4) is 0 Å². The molecule has 5 heterocycles. The van der Waals surface area contributed by atoms with Gasteiger partial charge in [-0.3, -0.25) is 9.48 Å².